The average Bonchev–Trinajstić information content (AvgIpc) is 3.13. The Balaban J connectivity index is 1.74. The van der Waals surface area contributed by atoms with Crippen LogP contribution in [0, 0.1) is 0 Å². The first-order valence-corrected chi connectivity index (χ1v) is 8.52. The van der Waals surface area contributed by atoms with E-state index in [0.717, 1.165) is 11.3 Å². The fourth-order valence-electron chi connectivity index (χ4n) is 3.09. The minimum atomic E-state index is -1.29. The summed E-state index contributed by atoms with van der Waals surface area (Å²) in [6.45, 7) is 1.05. The van der Waals surface area contributed by atoms with Gasteiger partial charge in [-0.3, -0.25) is 9.36 Å². The van der Waals surface area contributed by atoms with E-state index in [0.29, 0.717) is 19.0 Å². The summed E-state index contributed by atoms with van der Waals surface area (Å²) in [6, 6.07) is 18.7. The highest BCUT2D eigenvalue weighted by Gasteiger charge is 2.29. The van der Waals surface area contributed by atoms with E-state index in [-0.39, 0.29) is 18.1 Å². The van der Waals surface area contributed by atoms with E-state index >= 15 is 0 Å². The van der Waals surface area contributed by atoms with E-state index < -0.39 is 11.5 Å². The zero-order valence-electron chi connectivity index (χ0n) is 14.4. The Morgan fingerprint density at radius 2 is 1.70 bits per heavy atom. The van der Waals surface area contributed by atoms with Gasteiger partial charge in [0.25, 0.3) is 5.56 Å². The molecule has 1 aromatic heterocycles. The molecule has 0 aliphatic carbocycles. The van der Waals surface area contributed by atoms with E-state index in [1.54, 1.807) is 0 Å². The first kappa shape index (κ1) is 16.8. The second-order valence-corrected chi connectivity index (χ2v) is 6.11. The molecule has 7 nitrogen and oxygen atoms in total. The zero-order chi connectivity index (χ0) is 18.8. The number of fused-ring (bicyclic) bond motifs is 1. The van der Waals surface area contributed by atoms with Crippen LogP contribution in [0.3, 0.4) is 0 Å². The Morgan fingerprint density at radius 1 is 1.04 bits per heavy atom. The molecule has 2 heterocycles. The molecule has 136 valence electrons. The van der Waals surface area contributed by atoms with Gasteiger partial charge in [0.15, 0.2) is 5.69 Å². The maximum atomic E-state index is 12.9. The molecular formula is C20H17N3O4. The molecule has 0 unspecified atom stereocenters. The number of hydrogen-bond donors (Lipinski definition) is 1. The Bertz CT molecular complexity index is 1030. The van der Waals surface area contributed by atoms with Crippen LogP contribution >= 0.6 is 0 Å². The number of para-hydroxylation sites is 1. The second-order valence-electron chi connectivity index (χ2n) is 6.11. The number of carboxylic acid groups (broad SMARTS) is 1. The van der Waals surface area contributed by atoms with Crippen LogP contribution in [-0.4, -0.2) is 27.2 Å². The predicted octanol–water partition coefficient (Wildman–Crippen LogP) is 2.67. The fourth-order valence-corrected chi connectivity index (χ4v) is 3.09. The van der Waals surface area contributed by atoms with Crippen molar-refractivity contribution in [1.82, 2.24) is 9.55 Å². The highest BCUT2D eigenvalue weighted by atomic mass is 16.5. The predicted molar refractivity (Wildman–Crippen MR) is 99.7 cm³/mol. The number of nitrogens with zero attached hydrogens (tertiary/aromatic N) is 3. The summed E-state index contributed by atoms with van der Waals surface area (Å²) >= 11 is 0. The van der Waals surface area contributed by atoms with Crippen molar-refractivity contribution >= 4 is 17.6 Å². The van der Waals surface area contributed by atoms with Gasteiger partial charge in [0.05, 0.1) is 0 Å². The van der Waals surface area contributed by atoms with Crippen molar-refractivity contribution in [3.8, 4) is 5.75 Å². The molecule has 0 saturated carbocycles. The largest absolute Gasteiger partial charge is 0.481 e. The van der Waals surface area contributed by atoms with Crippen molar-refractivity contribution in [2.24, 2.45) is 0 Å². The summed E-state index contributed by atoms with van der Waals surface area (Å²) in [5.41, 5.74) is 0.839. The minimum Gasteiger partial charge on any atom is -0.481 e. The minimum absolute atomic E-state index is 0.0970. The smallest absolute Gasteiger partial charge is 0.358 e. The van der Waals surface area contributed by atoms with Gasteiger partial charge >= 0.3 is 5.97 Å². The molecule has 1 N–H and O–H groups in total. The van der Waals surface area contributed by atoms with Gasteiger partial charge in [0, 0.05) is 18.8 Å². The van der Waals surface area contributed by atoms with Crippen molar-refractivity contribution in [2.45, 2.75) is 13.2 Å². The van der Waals surface area contributed by atoms with Gasteiger partial charge < -0.3 is 14.7 Å². The average molecular weight is 363 g/mol. The van der Waals surface area contributed by atoms with E-state index in [1.807, 2.05) is 65.6 Å². The van der Waals surface area contributed by atoms with Gasteiger partial charge in [-0.1, -0.05) is 48.5 Å². The van der Waals surface area contributed by atoms with E-state index in [9.17, 15) is 14.7 Å². The third-order valence-electron chi connectivity index (χ3n) is 4.39. The van der Waals surface area contributed by atoms with Crippen LogP contribution in [0.5, 0.6) is 5.75 Å². The number of benzene rings is 2. The van der Waals surface area contributed by atoms with Crippen molar-refractivity contribution in [3.63, 3.8) is 0 Å². The monoisotopic (exact) mass is 363 g/mol. The summed E-state index contributed by atoms with van der Waals surface area (Å²) in [5, 5.41) is 9.57. The van der Waals surface area contributed by atoms with Crippen LogP contribution in [0.1, 0.15) is 16.1 Å². The highest BCUT2D eigenvalue weighted by molar-refractivity contribution is 5.89. The zero-order valence-corrected chi connectivity index (χ0v) is 14.4. The topological polar surface area (TPSA) is 84.7 Å². The standard InChI is InChI=1S/C20H17N3O4/c24-18-17(27-13-14-7-3-1-4-8-14)16(19(25)26)21-20-22(11-12-23(18)20)15-9-5-2-6-10-15/h1-10H,11-13H2,(H,25,26). The van der Waals surface area contributed by atoms with Gasteiger partial charge in [-0.05, 0) is 17.7 Å². The van der Waals surface area contributed by atoms with Crippen molar-refractivity contribution in [3.05, 3.63) is 82.3 Å². The van der Waals surface area contributed by atoms with Crippen LogP contribution < -0.4 is 15.2 Å². The molecule has 3 aromatic rings. The quantitative estimate of drug-likeness (QED) is 0.750. The lowest BCUT2D eigenvalue weighted by Crippen LogP contribution is -2.26. The third kappa shape index (κ3) is 3.15. The number of anilines is 2. The molecule has 0 saturated heterocycles. The Kier molecular flexibility index (Phi) is 4.33. The van der Waals surface area contributed by atoms with Crippen LogP contribution in [0.4, 0.5) is 11.6 Å². The Hall–Kier alpha value is -3.61. The fraction of sp³-hybridized carbons (Fsp3) is 0.150. The Labute approximate surface area is 155 Å². The summed E-state index contributed by atoms with van der Waals surface area (Å²) in [6.07, 6.45) is 0. The van der Waals surface area contributed by atoms with E-state index in [2.05, 4.69) is 4.98 Å². The lowest BCUT2D eigenvalue weighted by atomic mass is 10.2. The van der Waals surface area contributed by atoms with Gasteiger partial charge in [-0.2, -0.15) is 0 Å². The number of carboxylic acids is 1. The lowest BCUT2D eigenvalue weighted by molar-refractivity contribution is 0.0684. The summed E-state index contributed by atoms with van der Waals surface area (Å²) < 4.78 is 7.04. The highest BCUT2D eigenvalue weighted by Crippen LogP contribution is 2.29. The number of aromatic nitrogens is 2. The van der Waals surface area contributed by atoms with Crippen molar-refractivity contribution < 1.29 is 14.6 Å². The molecular weight excluding hydrogens is 346 g/mol. The molecule has 7 heteroatoms. The van der Waals surface area contributed by atoms with Crippen LogP contribution in [0.15, 0.2) is 65.5 Å². The van der Waals surface area contributed by atoms with Crippen LogP contribution in [0.2, 0.25) is 0 Å². The van der Waals surface area contributed by atoms with Crippen LogP contribution in [0.25, 0.3) is 0 Å². The molecule has 0 bridgehead atoms. The normalized spacial score (nSPS) is 12.7. The lowest BCUT2D eigenvalue weighted by Gasteiger charge is -2.18. The second kappa shape index (κ2) is 6.95. The van der Waals surface area contributed by atoms with Crippen molar-refractivity contribution in [1.29, 1.82) is 0 Å². The summed E-state index contributed by atoms with van der Waals surface area (Å²) in [4.78, 5) is 30.7. The molecule has 0 radical (unpaired) electrons. The first-order valence-electron chi connectivity index (χ1n) is 8.52. The van der Waals surface area contributed by atoms with Crippen LogP contribution in [-0.2, 0) is 13.2 Å². The van der Waals surface area contributed by atoms with E-state index in [4.69, 9.17) is 4.74 Å². The first-order chi connectivity index (χ1) is 13.1. The summed E-state index contributed by atoms with van der Waals surface area (Å²) in [7, 11) is 0. The maximum Gasteiger partial charge on any atom is 0.358 e. The SMILES string of the molecule is O=C(O)c1nc2n(c(=O)c1OCc1ccccc1)CCN2c1ccccc1. The molecule has 4 rings (SSSR count). The van der Waals surface area contributed by atoms with Gasteiger partial charge in [0.1, 0.15) is 6.61 Å². The number of carbonyl (C=O) groups is 1. The molecule has 0 fully saturated rings. The number of rotatable bonds is 5. The number of aromatic carboxylic acids is 1. The van der Waals surface area contributed by atoms with E-state index in [1.165, 1.54) is 4.57 Å². The van der Waals surface area contributed by atoms with Gasteiger partial charge in [-0.25, -0.2) is 9.78 Å². The number of ether oxygens (including phenoxy) is 1. The molecule has 1 aliphatic heterocycles. The van der Waals surface area contributed by atoms with Gasteiger partial charge in [-0.15, -0.1) is 0 Å². The molecule has 2 aromatic carbocycles. The molecule has 27 heavy (non-hydrogen) atoms. The molecule has 0 spiro atoms. The maximum absolute atomic E-state index is 12.9. The molecule has 0 amide bonds. The summed E-state index contributed by atoms with van der Waals surface area (Å²) in [5.74, 6) is -1.21. The number of hydrogen-bond acceptors (Lipinski definition) is 5. The molecule has 1 aliphatic rings. The third-order valence-corrected chi connectivity index (χ3v) is 4.39. The Morgan fingerprint density at radius 3 is 2.37 bits per heavy atom. The molecule has 0 atom stereocenters. The van der Waals surface area contributed by atoms with Crippen molar-refractivity contribution in [2.75, 3.05) is 11.4 Å². The van der Waals surface area contributed by atoms with Gasteiger partial charge in [0.2, 0.25) is 11.7 Å².